The number of hydrogen-bond acceptors (Lipinski definition) is 3. The van der Waals surface area contributed by atoms with Crippen molar-refractivity contribution in [3.05, 3.63) is 29.8 Å². The SMILES string of the molecule is CC[C@@H](C)NC(=O)CCNC(=O)C(=O)Nc1ccc(C)cc1. The Kier molecular flexibility index (Phi) is 7.08. The van der Waals surface area contributed by atoms with Crippen molar-refractivity contribution in [2.24, 2.45) is 0 Å². The normalized spacial score (nSPS) is 11.4. The first kappa shape index (κ1) is 17.7. The molecule has 0 aliphatic carbocycles. The zero-order chi connectivity index (χ0) is 16.5. The molecule has 1 aromatic carbocycles. The number of hydrogen-bond donors (Lipinski definition) is 3. The van der Waals surface area contributed by atoms with Crippen LogP contribution in [0, 0.1) is 6.92 Å². The third-order valence-electron chi connectivity index (χ3n) is 3.17. The summed E-state index contributed by atoms with van der Waals surface area (Å²) in [6.07, 6.45) is 0.991. The first-order chi connectivity index (χ1) is 10.4. The molecule has 0 aliphatic rings. The van der Waals surface area contributed by atoms with Crippen molar-refractivity contribution >= 4 is 23.4 Å². The van der Waals surface area contributed by atoms with Gasteiger partial charge in [0.25, 0.3) is 0 Å². The number of benzene rings is 1. The summed E-state index contributed by atoms with van der Waals surface area (Å²) < 4.78 is 0. The molecule has 0 aromatic heterocycles. The second kappa shape index (κ2) is 8.81. The molecule has 0 fully saturated rings. The van der Waals surface area contributed by atoms with Gasteiger partial charge in [0.15, 0.2) is 0 Å². The maximum Gasteiger partial charge on any atom is 0.313 e. The number of anilines is 1. The van der Waals surface area contributed by atoms with Gasteiger partial charge < -0.3 is 16.0 Å². The number of aryl methyl sites for hydroxylation is 1. The molecule has 6 heteroatoms. The fourth-order valence-corrected chi connectivity index (χ4v) is 1.64. The Bertz CT molecular complexity index is 526. The van der Waals surface area contributed by atoms with Crippen LogP contribution in [-0.4, -0.2) is 30.3 Å². The van der Waals surface area contributed by atoms with Crippen LogP contribution in [0.4, 0.5) is 5.69 Å². The Morgan fingerprint density at radius 1 is 1.09 bits per heavy atom. The van der Waals surface area contributed by atoms with Gasteiger partial charge in [0, 0.05) is 24.7 Å². The van der Waals surface area contributed by atoms with Gasteiger partial charge in [-0.05, 0) is 32.4 Å². The standard InChI is InChI=1S/C16H23N3O3/c1-4-12(3)18-14(20)9-10-17-15(21)16(22)19-13-7-5-11(2)6-8-13/h5-8,12H,4,9-10H2,1-3H3,(H,17,21)(H,18,20)(H,19,22)/t12-/m1/s1. The molecule has 0 unspecified atom stereocenters. The third kappa shape index (κ3) is 6.39. The summed E-state index contributed by atoms with van der Waals surface area (Å²) in [4.78, 5) is 34.8. The average Bonchev–Trinajstić information content (AvgIpc) is 2.49. The Labute approximate surface area is 130 Å². The number of carbonyl (C=O) groups excluding carboxylic acids is 3. The quantitative estimate of drug-likeness (QED) is 0.693. The van der Waals surface area contributed by atoms with Gasteiger partial charge >= 0.3 is 11.8 Å². The summed E-state index contributed by atoms with van der Waals surface area (Å²) in [6, 6.07) is 7.23. The van der Waals surface area contributed by atoms with Gasteiger partial charge in [-0.25, -0.2) is 0 Å². The van der Waals surface area contributed by atoms with Crippen molar-refractivity contribution in [3.8, 4) is 0 Å². The van der Waals surface area contributed by atoms with Gasteiger partial charge in [0.2, 0.25) is 5.91 Å². The Morgan fingerprint density at radius 3 is 2.32 bits per heavy atom. The Balaban J connectivity index is 2.31. The molecule has 0 saturated carbocycles. The summed E-state index contributed by atoms with van der Waals surface area (Å²) in [5, 5.41) is 7.71. The van der Waals surface area contributed by atoms with E-state index in [-0.39, 0.29) is 24.9 Å². The van der Waals surface area contributed by atoms with Crippen LogP contribution in [0.1, 0.15) is 32.3 Å². The highest BCUT2D eigenvalue weighted by Crippen LogP contribution is 2.08. The molecule has 0 spiro atoms. The van der Waals surface area contributed by atoms with Crippen molar-refractivity contribution in [1.82, 2.24) is 10.6 Å². The van der Waals surface area contributed by atoms with Gasteiger partial charge in [-0.1, -0.05) is 24.6 Å². The lowest BCUT2D eigenvalue weighted by Crippen LogP contribution is -2.39. The van der Waals surface area contributed by atoms with Crippen molar-refractivity contribution in [2.75, 3.05) is 11.9 Å². The van der Waals surface area contributed by atoms with E-state index < -0.39 is 11.8 Å². The minimum absolute atomic E-state index is 0.105. The zero-order valence-corrected chi connectivity index (χ0v) is 13.2. The summed E-state index contributed by atoms with van der Waals surface area (Å²) in [6.45, 7) is 5.94. The summed E-state index contributed by atoms with van der Waals surface area (Å²) in [5.74, 6) is -1.64. The van der Waals surface area contributed by atoms with Crippen LogP contribution in [0.2, 0.25) is 0 Å². The molecule has 0 saturated heterocycles. The van der Waals surface area contributed by atoms with Gasteiger partial charge in [-0.2, -0.15) is 0 Å². The van der Waals surface area contributed by atoms with Crippen LogP contribution in [-0.2, 0) is 14.4 Å². The first-order valence-corrected chi connectivity index (χ1v) is 7.37. The smallest absolute Gasteiger partial charge is 0.313 e. The molecule has 3 amide bonds. The lowest BCUT2D eigenvalue weighted by Gasteiger charge is -2.11. The van der Waals surface area contributed by atoms with E-state index in [0.29, 0.717) is 5.69 Å². The number of carbonyl (C=O) groups is 3. The first-order valence-electron chi connectivity index (χ1n) is 7.37. The Hall–Kier alpha value is -2.37. The van der Waals surface area contributed by atoms with E-state index in [4.69, 9.17) is 0 Å². The molecule has 0 aliphatic heterocycles. The predicted octanol–water partition coefficient (Wildman–Crippen LogP) is 1.35. The summed E-state index contributed by atoms with van der Waals surface area (Å²) in [5.41, 5.74) is 1.62. The number of nitrogens with one attached hydrogen (secondary N) is 3. The predicted molar refractivity (Wildman–Crippen MR) is 85.3 cm³/mol. The second-order valence-electron chi connectivity index (χ2n) is 5.20. The van der Waals surface area contributed by atoms with Crippen molar-refractivity contribution in [1.29, 1.82) is 0 Å². The molecule has 120 valence electrons. The summed E-state index contributed by atoms with van der Waals surface area (Å²) in [7, 11) is 0. The monoisotopic (exact) mass is 305 g/mol. The molecule has 1 rings (SSSR count). The van der Waals surface area contributed by atoms with Crippen molar-refractivity contribution < 1.29 is 14.4 Å². The van der Waals surface area contributed by atoms with Gasteiger partial charge in [-0.3, -0.25) is 14.4 Å². The zero-order valence-electron chi connectivity index (χ0n) is 13.2. The van der Waals surface area contributed by atoms with E-state index in [1.807, 2.05) is 32.9 Å². The minimum Gasteiger partial charge on any atom is -0.354 e. The van der Waals surface area contributed by atoms with Crippen LogP contribution in [0.5, 0.6) is 0 Å². The molecule has 3 N–H and O–H groups in total. The fraction of sp³-hybridized carbons (Fsp3) is 0.438. The Morgan fingerprint density at radius 2 is 1.73 bits per heavy atom. The maximum atomic E-state index is 11.7. The highest BCUT2D eigenvalue weighted by atomic mass is 16.2. The van der Waals surface area contributed by atoms with E-state index in [9.17, 15) is 14.4 Å². The van der Waals surface area contributed by atoms with Crippen LogP contribution in [0.25, 0.3) is 0 Å². The van der Waals surface area contributed by atoms with Gasteiger partial charge in [0.1, 0.15) is 0 Å². The fourth-order valence-electron chi connectivity index (χ4n) is 1.64. The number of rotatable bonds is 6. The van der Waals surface area contributed by atoms with Gasteiger partial charge in [-0.15, -0.1) is 0 Å². The van der Waals surface area contributed by atoms with E-state index >= 15 is 0 Å². The van der Waals surface area contributed by atoms with Crippen molar-refractivity contribution in [3.63, 3.8) is 0 Å². The summed E-state index contributed by atoms with van der Waals surface area (Å²) >= 11 is 0. The van der Waals surface area contributed by atoms with E-state index in [1.54, 1.807) is 12.1 Å². The maximum absolute atomic E-state index is 11.7. The molecule has 6 nitrogen and oxygen atoms in total. The molecular formula is C16H23N3O3. The molecule has 0 bridgehead atoms. The number of amides is 3. The average molecular weight is 305 g/mol. The lowest BCUT2D eigenvalue weighted by molar-refractivity contribution is -0.136. The molecule has 22 heavy (non-hydrogen) atoms. The van der Waals surface area contributed by atoms with Crippen LogP contribution >= 0.6 is 0 Å². The second-order valence-corrected chi connectivity index (χ2v) is 5.20. The minimum atomic E-state index is -0.753. The molecular weight excluding hydrogens is 282 g/mol. The topological polar surface area (TPSA) is 87.3 Å². The van der Waals surface area contributed by atoms with Crippen LogP contribution in [0.3, 0.4) is 0 Å². The van der Waals surface area contributed by atoms with E-state index in [2.05, 4.69) is 16.0 Å². The van der Waals surface area contributed by atoms with Crippen LogP contribution < -0.4 is 16.0 Å². The largest absolute Gasteiger partial charge is 0.354 e. The van der Waals surface area contributed by atoms with E-state index in [1.165, 1.54) is 0 Å². The van der Waals surface area contributed by atoms with Crippen molar-refractivity contribution in [2.45, 2.75) is 39.7 Å². The molecule has 1 atom stereocenters. The molecule has 1 aromatic rings. The van der Waals surface area contributed by atoms with Gasteiger partial charge in [0.05, 0.1) is 0 Å². The highest BCUT2D eigenvalue weighted by molar-refractivity contribution is 6.39. The van der Waals surface area contributed by atoms with Crippen LogP contribution in [0.15, 0.2) is 24.3 Å². The van der Waals surface area contributed by atoms with E-state index in [0.717, 1.165) is 12.0 Å². The molecule has 0 radical (unpaired) electrons. The lowest BCUT2D eigenvalue weighted by atomic mass is 10.2. The highest BCUT2D eigenvalue weighted by Gasteiger charge is 2.14. The third-order valence-corrected chi connectivity index (χ3v) is 3.17. The molecule has 0 heterocycles.